The van der Waals surface area contributed by atoms with Gasteiger partial charge in [-0.2, -0.15) is 0 Å². The molecule has 1 aromatic carbocycles. The summed E-state index contributed by atoms with van der Waals surface area (Å²) in [6.45, 7) is 1.37. The molecule has 0 amide bonds. The van der Waals surface area contributed by atoms with Crippen LogP contribution in [0.4, 0.5) is 5.69 Å². The molecule has 5 heteroatoms. The normalized spacial score (nSPS) is 12.2. The molecule has 24 heavy (non-hydrogen) atoms. The molecule has 0 fully saturated rings. The summed E-state index contributed by atoms with van der Waals surface area (Å²) in [5.74, 6) is 0. The van der Waals surface area contributed by atoms with Gasteiger partial charge in [0.2, 0.25) is 0 Å². The van der Waals surface area contributed by atoms with Crippen molar-refractivity contribution in [3.63, 3.8) is 0 Å². The zero-order chi connectivity index (χ0) is 16.6. The SMILES string of the molecule is Nc1ccc(COC(CCc2ccncc2)Cn2ccnc2)cc1. The molecule has 0 aliphatic rings. The van der Waals surface area contributed by atoms with E-state index >= 15 is 0 Å². The van der Waals surface area contributed by atoms with Crippen LogP contribution in [0.3, 0.4) is 0 Å². The van der Waals surface area contributed by atoms with Crippen molar-refractivity contribution in [3.8, 4) is 0 Å². The molecular formula is C19H22N4O. The lowest BCUT2D eigenvalue weighted by molar-refractivity contribution is 0.0239. The van der Waals surface area contributed by atoms with Gasteiger partial charge in [-0.3, -0.25) is 4.98 Å². The van der Waals surface area contributed by atoms with Crippen LogP contribution in [0.5, 0.6) is 0 Å². The molecule has 2 heterocycles. The van der Waals surface area contributed by atoms with E-state index in [4.69, 9.17) is 10.5 Å². The number of nitrogens with two attached hydrogens (primary N) is 1. The molecule has 3 aromatic rings. The third-order valence-electron chi connectivity index (χ3n) is 3.94. The molecule has 0 aliphatic carbocycles. The average molecular weight is 322 g/mol. The topological polar surface area (TPSA) is 66.0 Å². The molecule has 3 rings (SSSR count). The van der Waals surface area contributed by atoms with E-state index in [1.54, 1.807) is 6.20 Å². The maximum Gasteiger partial charge on any atom is 0.0946 e. The number of hydrogen-bond donors (Lipinski definition) is 1. The molecule has 0 bridgehead atoms. The van der Waals surface area contributed by atoms with E-state index < -0.39 is 0 Å². The van der Waals surface area contributed by atoms with Gasteiger partial charge in [0.1, 0.15) is 0 Å². The Morgan fingerprint density at radius 2 is 1.75 bits per heavy atom. The molecule has 0 saturated carbocycles. The number of pyridine rings is 1. The van der Waals surface area contributed by atoms with E-state index in [1.165, 1.54) is 5.56 Å². The summed E-state index contributed by atoms with van der Waals surface area (Å²) in [6.07, 6.45) is 11.3. The van der Waals surface area contributed by atoms with Crippen LogP contribution in [-0.4, -0.2) is 20.6 Å². The number of hydrogen-bond acceptors (Lipinski definition) is 4. The fourth-order valence-corrected chi connectivity index (χ4v) is 2.56. The van der Waals surface area contributed by atoms with Gasteiger partial charge >= 0.3 is 0 Å². The molecule has 124 valence electrons. The summed E-state index contributed by atoms with van der Waals surface area (Å²) in [6, 6.07) is 11.9. The van der Waals surface area contributed by atoms with Gasteiger partial charge in [-0.05, 0) is 48.2 Å². The second-order valence-corrected chi connectivity index (χ2v) is 5.83. The Kier molecular flexibility index (Phi) is 5.58. The molecular weight excluding hydrogens is 300 g/mol. The molecule has 1 unspecified atom stereocenters. The highest BCUT2D eigenvalue weighted by Crippen LogP contribution is 2.13. The summed E-state index contributed by atoms with van der Waals surface area (Å²) in [7, 11) is 0. The first-order valence-corrected chi connectivity index (χ1v) is 8.10. The zero-order valence-corrected chi connectivity index (χ0v) is 13.6. The molecule has 2 aromatic heterocycles. The number of aryl methyl sites for hydroxylation is 1. The van der Waals surface area contributed by atoms with Crippen LogP contribution in [0.15, 0.2) is 67.5 Å². The zero-order valence-electron chi connectivity index (χ0n) is 13.6. The average Bonchev–Trinajstić information content (AvgIpc) is 3.13. The van der Waals surface area contributed by atoms with Gasteiger partial charge in [0.15, 0.2) is 0 Å². The van der Waals surface area contributed by atoms with Crippen LogP contribution in [-0.2, 0) is 24.3 Å². The predicted molar refractivity (Wildman–Crippen MR) is 94.2 cm³/mol. The first-order chi connectivity index (χ1) is 11.8. The molecule has 0 radical (unpaired) electrons. The lowest BCUT2D eigenvalue weighted by Crippen LogP contribution is -2.20. The van der Waals surface area contributed by atoms with Crippen LogP contribution in [0.2, 0.25) is 0 Å². The van der Waals surface area contributed by atoms with Crippen molar-refractivity contribution in [2.45, 2.75) is 32.1 Å². The molecule has 2 N–H and O–H groups in total. The minimum atomic E-state index is 0.116. The summed E-state index contributed by atoms with van der Waals surface area (Å²) in [4.78, 5) is 8.17. The Balaban J connectivity index is 1.59. The van der Waals surface area contributed by atoms with Crippen LogP contribution in [0.1, 0.15) is 17.5 Å². The first kappa shape index (κ1) is 16.2. The van der Waals surface area contributed by atoms with Crippen LogP contribution < -0.4 is 5.73 Å². The van der Waals surface area contributed by atoms with Crippen LogP contribution >= 0.6 is 0 Å². The summed E-state index contributed by atoms with van der Waals surface area (Å²) < 4.78 is 8.21. The van der Waals surface area contributed by atoms with Crippen LogP contribution in [0.25, 0.3) is 0 Å². The lowest BCUT2D eigenvalue weighted by atomic mass is 10.1. The van der Waals surface area contributed by atoms with E-state index in [-0.39, 0.29) is 6.10 Å². The van der Waals surface area contributed by atoms with Crippen molar-refractivity contribution in [1.29, 1.82) is 0 Å². The molecule has 0 aliphatic heterocycles. The highest BCUT2D eigenvalue weighted by atomic mass is 16.5. The summed E-state index contributed by atoms with van der Waals surface area (Å²) in [5.41, 5.74) is 8.90. The second kappa shape index (κ2) is 8.26. The predicted octanol–water partition coefficient (Wildman–Crippen LogP) is 3.08. The Morgan fingerprint density at radius 1 is 0.958 bits per heavy atom. The van der Waals surface area contributed by atoms with Gasteiger partial charge in [-0.1, -0.05) is 12.1 Å². The summed E-state index contributed by atoms with van der Waals surface area (Å²) in [5, 5.41) is 0. The number of nitrogens with zero attached hydrogens (tertiary/aromatic N) is 3. The number of ether oxygens (including phenoxy) is 1. The number of rotatable bonds is 8. The molecule has 0 spiro atoms. The van der Waals surface area contributed by atoms with E-state index in [1.807, 2.05) is 61.3 Å². The highest BCUT2D eigenvalue weighted by molar-refractivity contribution is 5.39. The minimum Gasteiger partial charge on any atom is -0.399 e. The van der Waals surface area contributed by atoms with E-state index in [9.17, 15) is 0 Å². The molecule has 5 nitrogen and oxygen atoms in total. The smallest absolute Gasteiger partial charge is 0.0946 e. The maximum absolute atomic E-state index is 6.16. The monoisotopic (exact) mass is 322 g/mol. The fourth-order valence-electron chi connectivity index (χ4n) is 2.56. The van der Waals surface area contributed by atoms with Gasteiger partial charge in [-0.15, -0.1) is 0 Å². The van der Waals surface area contributed by atoms with Gasteiger partial charge in [0.05, 0.1) is 19.0 Å². The molecule has 0 saturated heterocycles. The Hall–Kier alpha value is -2.66. The number of nitrogen functional groups attached to an aromatic ring is 1. The van der Waals surface area contributed by atoms with Crippen molar-refractivity contribution in [3.05, 3.63) is 78.6 Å². The first-order valence-electron chi connectivity index (χ1n) is 8.10. The third kappa shape index (κ3) is 4.93. The Bertz CT molecular complexity index is 711. The number of aromatic nitrogens is 3. The highest BCUT2D eigenvalue weighted by Gasteiger charge is 2.11. The lowest BCUT2D eigenvalue weighted by Gasteiger charge is -2.19. The standard InChI is InChI=1S/C19H22N4O/c20-18-4-1-17(2-5-18)14-24-19(13-23-12-11-22-15-23)6-3-16-7-9-21-10-8-16/h1-2,4-5,7-12,15,19H,3,6,13-14,20H2. The number of imidazole rings is 1. The van der Waals surface area contributed by atoms with E-state index in [0.29, 0.717) is 6.61 Å². The molecule has 1 atom stereocenters. The van der Waals surface area contributed by atoms with Crippen molar-refractivity contribution >= 4 is 5.69 Å². The Morgan fingerprint density at radius 3 is 2.46 bits per heavy atom. The van der Waals surface area contributed by atoms with Crippen molar-refractivity contribution in [2.24, 2.45) is 0 Å². The Labute approximate surface area is 142 Å². The van der Waals surface area contributed by atoms with Gasteiger partial charge < -0.3 is 15.0 Å². The number of anilines is 1. The van der Waals surface area contributed by atoms with E-state index in [2.05, 4.69) is 14.5 Å². The fraction of sp³-hybridized carbons (Fsp3) is 0.263. The maximum atomic E-state index is 6.16. The van der Waals surface area contributed by atoms with Gasteiger partial charge in [0, 0.05) is 37.0 Å². The van der Waals surface area contributed by atoms with Crippen molar-refractivity contribution in [2.75, 3.05) is 5.73 Å². The van der Waals surface area contributed by atoms with Crippen molar-refractivity contribution < 1.29 is 4.74 Å². The summed E-state index contributed by atoms with van der Waals surface area (Å²) >= 11 is 0. The third-order valence-corrected chi connectivity index (χ3v) is 3.94. The quantitative estimate of drug-likeness (QED) is 0.647. The van der Waals surface area contributed by atoms with Crippen molar-refractivity contribution in [1.82, 2.24) is 14.5 Å². The van der Waals surface area contributed by atoms with Gasteiger partial charge in [0.25, 0.3) is 0 Å². The second-order valence-electron chi connectivity index (χ2n) is 5.83. The number of benzene rings is 1. The van der Waals surface area contributed by atoms with Crippen LogP contribution in [0, 0.1) is 0 Å². The van der Waals surface area contributed by atoms with E-state index in [0.717, 1.165) is 30.6 Å². The van der Waals surface area contributed by atoms with Gasteiger partial charge in [-0.25, -0.2) is 4.98 Å². The minimum absolute atomic E-state index is 0.116. The largest absolute Gasteiger partial charge is 0.399 e.